The maximum atomic E-state index is 8.74. The van der Waals surface area contributed by atoms with Crippen LogP contribution in [0.25, 0.3) is 0 Å². The fourth-order valence-corrected chi connectivity index (χ4v) is 0. The van der Waals surface area contributed by atoms with E-state index in [2.05, 4.69) is 0 Å². The van der Waals surface area contributed by atoms with Crippen LogP contribution in [0.15, 0.2) is 0 Å². The molecule has 4 N–H and O–H groups in total. The minimum absolute atomic E-state index is 0. The van der Waals surface area contributed by atoms with E-state index in [9.17, 15) is 0 Å². The van der Waals surface area contributed by atoms with Crippen molar-refractivity contribution in [1.29, 1.82) is 0 Å². The third kappa shape index (κ3) is 403. The smallest absolute Gasteiger partial charge is 0.759 e. The standard InChI is InChI=1S/2Na.2H2O4S.H2O.Zr/c;;2*1-5(2,3)4;;/h;;2*(H2,1,2,3,4);1H2;/q2*+1;;;;/p-2. The first-order valence-electron chi connectivity index (χ1n) is 1.37. The second-order valence-corrected chi connectivity index (χ2v) is 2.57. The van der Waals surface area contributed by atoms with Crippen LogP contribution in [0.4, 0.5) is 0 Å². The molecule has 0 aromatic carbocycles. The Bertz CT molecular complexity index is 217. The van der Waals surface area contributed by atoms with Crippen LogP contribution in [0.1, 0.15) is 0 Å². The normalized spacial score (nSPS) is 8.29. The zero-order valence-electron chi connectivity index (χ0n) is 7.16. The maximum absolute atomic E-state index is 8.74. The summed E-state index contributed by atoms with van der Waals surface area (Å²) >= 11 is 0. The summed E-state index contributed by atoms with van der Waals surface area (Å²) in [5, 5.41) is 0. The van der Waals surface area contributed by atoms with Gasteiger partial charge in [0.15, 0.2) is 0 Å². The number of hydrogen-bond donors (Lipinski definition) is 2. The second-order valence-electron chi connectivity index (χ2n) is 0.856. The summed E-state index contributed by atoms with van der Waals surface area (Å²) in [7, 11) is -9.83. The topological polar surface area (TPSA) is 186 Å². The second kappa shape index (κ2) is 15.6. The summed E-state index contributed by atoms with van der Waals surface area (Å²) in [5.41, 5.74) is 0. The quantitative estimate of drug-likeness (QED) is 0.245. The van der Waals surface area contributed by atoms with Crippen molar-refractivity contribution in [2.75, 3.05) is 0 Å². The van der Waals surface area contributed by atoms with E-state index >= 15 is 0 Å². The van der Waals surface area contributed by atoms with Gasteiger partial charge in [-0.2, -0.15) is 8.42 Å². The Balaban J connectivity index is -0.0000000178. The van der Waals surface area contributed by atoms with Gasteiger partial charge < -0.3 is 14.6 Å². The minimum Gasteiger partial charge on any atom is -0.759 e. The molecule has 0 heterocycles. The van der Waals surface area contributed by atoms with Gasteiger partial charge in [-0.25, -0.2) is 0 Å². The molecule has 0 saturated heterocycles. The van der Waals surface area contributed by atoms with Crippen LogP contribution in [0.3, 0.4) is 0 Å². The molecule has 0 aromatic heterocycles. The van der Waals surface area contributed by atoms with E-state index in [0.717, 1.165) is 0 Å². The summed E-state index contributed by atoms with van der Waals surface area (Å²) in [6.07, 6.45) is 0. The van der Waals surface area contributed by atoms with E-state index in [0.29, 0.717) is 0 Å². The molecule has 0 spiro atoms. The van der Waals surface area contributed by atoms with Crippen LogP contribution >= 0.6 is 0 Å². The largest absolute Gasteiger partial charge is 1.00 e. The molecule has 0 unspecified atom stereocenters. The molecule has 0 bridgehead atoms. The molecule has 9 nitrogen and oxygen atoms in total. The van der Waals surface area contributed by atoms with E-state index in [4.69, 9.17) is 35.0 Å². The third-order valence-electron chi connectivity index (χ3n) is 0. The minimum atomic E-state index is -5.17. The fraction of sp³-hybridized carbons (Fsp3) is 0. The molecule has 0 aromatic rings. The van der Waals surface area contributed by atoms with Crippen LogP contribution in [-0.4, -0.2) is 40.5 Å². The first kappa shape index (κ1) is 36.0. The van der Waals surface area contributed by atoms with Gasteiger partial charge in [0, 0.05) is 36.6 Å². The zero-order valence-corrected chi connectivity index (χ0v) is 15.3. The molecule has 0 aliphatic carbocycles. The molecule has 0 aliphatic rings. The molecule has 0 amide bonds. The van der Waals surface area contributed by atoms with Crippen molar-refractivity contribution < 1.29 is 126 Å². The first-order chi connectivity index (χ1) is 4.00. The molecular formula is H4Na2O9S2Zr. The molecule has 14 heteroatoms. The van der Waals surface area contributed by atoms with Crippen LogP contribution in [0, 0.1) is 0 Å². The SMILES string of the molecule is O.O=S(=O)(O)O.O=S(=O)([O-])[O-].[Na+].[Na+].[Zr]. The van der Waals surface area contributed by atoms with Crippen LogP contribution in [-0.2, 0) is 47.0 Å². The molecular weight excluding hydrogens is 345 g/mol. The predicted molar refractivity (Wildman–Crippen MR) is 28.3 cm³/mol. The van der Waals surface area contributed by atoms with Crippen molar-refractivity contribution in [2.45, 2.75) is 0 Å². The van der Waals surface area contributed by atoms with E-state index in [1.165, 1.54) is 0 Å². The number of rotatable bonds is 0. The Labute approximate surface area is 144 Å². The van der Waals surface area contributed by atoms with Gasteiger partial charge in [-0.3, -0.25) is 17.5 Å². The van der Waals surface area contributed by atoms with E-state index in [-0.39, 0.29) is 90.8 Å². The molecule has 0 aliphatic heterocycles. The Morgan fingerprint density at radius 1 is 0.857 bits per heavy atom. The van der Waals surface area contributed by atoms with Crippen molar-refractivity contribution in [3.63, 3.8) is 0 Å². The molecule has 0 saturated carbocycles. The Morgan fingerprint density at radius 2 is 0.857 bits per heavy atom. The zero-order chi connectivity index (χ0) is 9.00. The van der Waals surface area contributed by atoms with E-state index in [1.54, 1.807) is 0 Å². The first-order valence-corrected chi connectivity index (χ1v) is 4.10. The van der Waals surface area contributed by atoms with Gasteiger partial charge in [-0.05, 0) is 0 Å². The van der Waals surface area contributed by atoms with Gasteiger partial charge in [0.25, 0.3) is 0 Å². The summed E-state index contributed by atoms with van der Waals surface area (Å²) in [6.45, 7) is 0. The summed E-state index contributed by atoms with van der Waals surface area (Å²) in [5.74, 6) is 0. The molecule has 0 fully saturated rings. The Morgan fingerprint density at radius 3 is 0.857 bits per heavy atom. The van der Waals surface area contributed by atoms with Crippen molar-refractivity contribution in [3.05, 3.63) is 0 Å². The predicted octanol–water partition coefficient (Wildman–Crippen LogP) is -8.81. The molecule has 0 rings (SSSR count). The van der Waals surface area contributed by atoms with Gasteiger partial charge in [0.2, 0.25) is 0 Å². The Kier molecular flexibility index (Phi) is 40.0. The fourth-order valence-electron chi connectivity index (χ4n) is 0. The van der Waals surface area contributed by atoms with Crippen molar-refractivity contribution in [3.8, 4) is 0 Å². The summed E-state index contributed by atoms with van der Waals surface area (Å²) in [6, 6.07) is 0. The van der Waals surface area contributed by atoms with Crippen molar-refractivity contribution >= 4 is 20.8 Å². The number of hydrogen-bond acceptors (Lipinski definition) is 6. The van der Waals surface area contributed by atoms with Crippen LogP contribution in [0.2, 0.25) is 0 Å². The van der Waals surface area contributed by atoms with E-state index < -0.39 is 20.8 Å². The third-order valence-corrected chi connectivity index (χ3v) is 0. The van der Waals surface area contributed by atoms with Crippen LogP contribution < -0.4 is 59.1 Å². The van der Waals surface area contributed by atoms with Crippen molar-refractivity contribution in [1.82, 2.24) is 0 Å². The summed E-state index contributed by atoms with van der Waals surface area (Å²) in [4.78, 5) is 0. The van der Waals surface area contributed by atoms with Crippen molar-refractivity contribution in [2.24, 2.45) is 0 Å². The van der Waals surface area contributed by atoms with E-state index in [1.807, 2.05) is 0 Å². The average Bonchev–Trinajstić information content (AvgIpc) is 1.12. The molecule has 14 heavy (non-hydrogen) atoms. The van der Waals surface area contributed by atoms with Gasteiger partial charge in [-0.15, -0.1) is 0 Å². The summed E-state index contributed by atoms with van der Waals surface area (Å²) < 4.78 is 65.7. The van der Waals surface area contributed by atoms with Gasteiger partial charge >= 0.3 is 69.5 Å². The van der Waals surface area contributed by atoms with Crippen LogP contribution in [0.5, 0.6) is 0 Å². The van der Waals surface area contributed by atoms with Gasteiger partial charge in [0.05, 0.1) is 0 Å². The molecule has 0 radical (unpaired) electrons. The van der Waals surface area contributed by atoms with Gasteiger partial charge in [-0.1, -0.05) is 0 Å². The monoisotopic (exact) mass is 348 g/mol. The maximum Gasteiger partial charge on any atom is 1.00 e. The average molecular weight is 349 g/mol. The van der Waals surface area contributed by atoms with Gasteiger partial charge in [0.1, 0.15) is 0 Å². The molecule has 76 valence electrons. The molecule has 0 atom stereocenters. The Hall–Kier alpha value is 2.58.